The van der Waals surface area contributed by atoms with Gasteiger partial charge in [0.25, 0.3) is 0 Å². The summed E-state index contributed by atoms with van der Waals surface area (Å²) in [6, 6.07) is 10.8. The lowest BCUT2D eigenvalue weighted by molar-refractivity contribution is 0.0939. The fraction of sp³-hybridized carbons (Fsp3) is 0.222. The van der Waals surface area contributed by atoms with E-state index < -0.39 is 0 Å². The van der Waals surface area contributed by atoms with Gasteiger partial charge in [-0.25, -0.2) is 0 Å². The maximum absolute atomic E-state index is 6.22. The molecule has 1 N–H and O–H groups in total. The molecule has 0 saturated heterocycles. The van der Waals surface area contributed by atoms with Crippen molar-refractivity contribution in [1.82, 2.24) is 10.1 Å². The molecule has 0 aliphatic carbocycles. The van der Waals surface area contributed by atoms with Crippen LogP contribution >= 0.6 is 23.2 Å². The summed E-state index contributed by atoms with van der Waals surface area (Å²) in [4.78, 5) is 4.32. The molecule has 130 valence electrons. The van der Waals surface area contributed by atoms with Gasteiger partial charge in [0.05, 0.1) is 16.1 Å². The zero-order chi connectivity index (χ0) is 17.8. The van der Waals surface area contributed by atoms with E-state index in [1.165, 1.54) is 0 Å². The van der Waals surface area contributed by atoms with E-state index in [1.54, 1.807) is 30.5 Å². The molecule has 5 nitrogen and oxygen atoms in total. The molecule has 25 heavy (non-hydrogen) atoms. The third-order valence-electron chi connectivity index (χ3n) is 3.43. The van der Waals surface area contributed by atoms with Gasteiger partial charge in [0, 0.05) is 23.5 Å². The first-order chi connectivity index (χ1) is 12.0. The summed E-state index contributed by atoms with van der Waals surface area (Å²) in [7, 11) is 0. The highest BCUT2D eigenvalue weighted by molar-refractivity contribution is 6.39. The zero-order valence-corrected chi connectivity index (χ0v) is 15.3. The molecule has 0 fully saturated rings. The third-order valence-corrected chi connectivity index (χ3v) is 4.06. The number of hydrogen-bond acceptors (Lipinski definition) is 5. The molecule has 2 heterocycles. The van der Waals surface area contributed by atoms with E-state index in [2.05, 4.69) is 15.5 Å². The maximum atomic E-state index is 6.22. The molecule has 0 bridgehead atoms. The second kappa shape index (κ2) is 7.87. The monoisotopic (exact) mass is 377 g/mol. The second-order valence-electron chi connectivity index (χ2n) is 5.64. The summed E-state index contributed by atoms with van der Waals surface area (Å²) in [5.74, 6) is 0.527. The highest BCUT2D eigenvalue weighted by Crippen LogP contribution is 2.35. The Morgan fingerprint density at radius 3 is 2.60 bits per heavy atom. The van der Waals surface area contributed by atoms with Crippen LogP contribution in [0.3, 0.4) is 0 Å². The minimum atomic E-state index is 0.158. The Labute approximate surface area is 155 Å². The van der Waals surface area contributed by atoms with Gasteiger partial charge in [0.15, 0.2) is 5.76 Å². The van der Waals surface area contributed by atoms with Crippen molar-refractivity contribution < 1.29 is 9.26 Å². The topological polar surface area (TPSA) is 60.2 Å². The van der Waals surface area contributed by atoms with Crippen molar-refractivity contribution in [3.8, 4) is 22.7 Å². The number of aromatic nitrogens is 2. The smallest absolute Gasteiger partial charge is 0.185 e. The van der Waals surface area contributed by atoms with Crippen molar-refractivity contribution in [2.45, 2.75) is 20.0 Å². The van der Waals surface area contributed by atoms with Crippen LogP contribution < -0.4 is 5.32 Å². The van der Waals surface area contributed by atoms with E-state index in [1.807, 2.05) is 26.0 Å². The first-order valence-corrected chi connectivity index (χ1v) is 8.53. The van der Waals surface area contributed by atoms with Crippen LogP contribution in [0, 0.1) is 0 Å². The van der Waals surface area contributed by atoms with Gasteiger partial charge in [-0.2, -0.15) is 0 Å². The standard InChI is InChI=1S/C18H17Cl2N3O2/c1-11(2)24-10-22-12-6-7-21-15(8-12)17-9-16(23-25-17)18-13(19)4-3-5-14(18)20/h3-9,11H,10H2,1-2H3,(H,21,22). The maximum Gasteiger partial charge on any atom is 0.185 e. The van der Waals surface area contributed by atoms with Crippen LogP contribution in [0.4, 0.5) is 5.69 Å². The number of hydrogen-bond donors (Lipinski definition) is 1. The fourth-order valence-electron chi connectivity index (χ4n) is 2.22. The number of rotatable bonds is 6. The number of anilines is 1. The average molecular weight is 378 g/mol. The second-order valence-corrected chi connectivity index (χ2v) is 6.45. The summed E-state index contributed by atoms with van der Waals surface area (Å²) in [6.45, 7) is 4.38. The molecule has 0 unspecified atom stereocenters. The molecular weight excluding hydrogens is 361 g/mol. The molecule has 0 amide bonds. The van der Waals surface area contributed by atoms with Gasteiger partial charge in [-0.05, 0) is 38.1 Å². The van der Waals surface area contributed by atoms with E-state index in [0.29, 0.717) is 39.5 Å². The van der Waals surface area contributed by atoms with Crippen LogP contribution in [0.15, 0.2) is 47.1 Å². The van der Waals surface area contributed by atoms with Gasteiger partial charge in [0.2, 0.25) is 0 Å². The average Bonchev–Trinajstić information content (AvgIpc) is 3.04. The lowest BCUT2D eigenvalue weighted by Gasteiger charge is -2.10. The van der Waals surface area contributed by atoms with Gasteiger partial charge >= 0.3 is 0 Å². The molecule has 0 radical (unpaired) electrons. The van der Waals surface area contributed by atoms with Crippen LogP contribution in [-0.4, -0.2) is 23.0 Å². The minimum absolute atomic E-state index is 0.158. The normalized spacial score (nSPS) is 11.1. The predicted molar refractivity (Wildman–Crippen MR) is 99.9 cm³/mol. The molecule has 0 atom stereocenters. The SMILES string of the molecule is CC(C)OCNc1ccnc(-c2cc(-c3c(Cl)cccc3Cl)no2)c1. The Morgan fingerprint density at radius 1 is 1.12 bits per heavy atom. The van der Waals surface area contributed by atoms with Crippen molar-refractivity contribution in [3.63, 3.8) is 0 Å². The van der Waals surface area contributed by atoms with Gasteiger partial charge in [-0.3, -0.25) is 4.98 Å². The van der Waals surface area contributed by atoms with Gasteiger partial charge < -0.3 is 14.6 Å². The first-order valence-electron chi connectivity index (χ1n) is 7.77. The summed E-state index contributed by atoms with van der Waals surface area (Å²) in [6.07, 6.45) is 1.85. The van der Waals surface area contributed by atoms with Crippen LogP contribution in [-0.2, 0) is 4.74 Å². The fourth-order valence-corrected chi connectivity index (χ4v) is 2.81. The number of halogens is 2. The van der Waals surface area contributed by atoms with Gasteiger partial charge in [0.1, 0.15) is 18.1 Å². The number of ether oxygens (including phenoxy) is 1. The molecular formula is C18H17Cl2N3O2. The number of nitrogens with zero attached hydrogens (tertiary/aromatic N) is 2. The number of benzene rings is 1. The van der Waals surface area contributed by atoms with Crippen LogP contribution in [0.5, 0.6) is 0 Å². The van der Waals surface area contributed by atoms with E-state index >= 15 is 0 Å². The van der Waals surface area contributed by atoms with Gasteiger partial charge in [-0.1, -0.05) is 34.4 Å². The van der Waals surface area contributed by atoms with Gasteiger partial charge in [-0.15, -0.1) is 0 Å². The molecule has 0 saturated carbocycles. The predicted octanol–water partition coefficient (Wildman–Crippen LogP) is 5.50. The third kappa shape index (κ3) is 4.31. The molecule has 2 aromatic heterocycles. The van der Waals surface area contributed by atoms with Crippen LogP contribution in [0.2, 0.25) is 10.0 Å². The first kappa shape index (κ1) is 17.7. The van der Waals surface area contributed by atoms with E-state index in [-0.39, 0.29) is 6.10 Å². The molecule has 0 aliphatic rings. The molecule has 1 aromatic carbocycles. The lowest BCUT2D eigenvalue weighted by Crippen LogP contribution is -2.11. The quantitative estimate of drug-likeness (QED) is 0.574. The molecule has 3 aromatic rings. The molecule has 0 aliphatic heterocycles. The summed E-state index contributed by atoms with van der Waals surface area (Å²) < 4.78 is 10.9. The number of pyridine rings is 1. The van der Waals surface area contributed by atoms with Crippen LogP contribution in [0.25, 0.3) is 22.7 Å². The van der Waals surface area contributed by atoms with E-state index in [0.717, 1.165) is 5.69 Å². The van der Waals surface area contributed by atoms with E-state index in [9.17, 15) is 0 Å². The Kier molecular flexibility index (Phi) is 5.58. The Hall–Kier alpha value is -2.08. The largest absolute Gasteiger partial charge is 0.363 e. The molecule has 0 spiro atoms. The van der Waals surface area contributed by atoms with E-state index in [4.69, 9.17) is 32.5 Å². The highest BCUT2D eigenvalue weighted by atomic mass is 35.5. The summed E-state index contributed by atoms with van der Waals surface area (Å²) in [5.41, 5.74) is 2.73. The molecule has 3 rings (SSSR count). The Morgan fingerprint density at radius 2 is 1.88 bits per heavy atom. The van der Waals surface area contributed by atoms with Crippen LogP contribution in [0.1, 0.15) is 13.8 Å². The van der Waals surface area contributed by atoms with Crippen molar-refractivity contribution in [2.75, 3.05) is 12.0 Å². The van der Waals surface area contributed by atoms with Crippen molar-refractivity contribution >= 4 is 28.9 Å². The van der Waals surface area contributed by atoms with Crippen molar-refractivity contribution in [2.24, 2.45) is 0 Å². The zero-order valence-electron chi connectivity index (χ0n) is 13.8. The number of nitrogens with one attached hydrogen (secondary N) is 1. The highest BCUT2D eigenvalue weighted by Gasteiger charge is 2.15. The Balaban J connectivity index is 1.83. The summed E-state index contributed by atoms with van der Waals surface area (Å²) in [5, 5.41) is 8.28. The summed E-state index contributed by atoms with van der Waals surface area (Å²) >= 11 is 12.4. The van der Waals surface area contributed by atoms with Crippen molar-refractivity contribution in [1.29, 1.82) is 0 Å². The lowest BCUT2D eigenvalue weighted by atomic mass is 10.1. The van der Waals surface area contributed by atoms with Crippen molar-refractivity contribution in [3.05, 3.63) is 52.6 Å². The molecule has 7 heteroatoms. The minimum Gasteiger partial charge on any atom is -0.363 e. The Bertz CT molecular complexity index is 845.